The molecule has 0 atom stereocenters. The van der Waals surface area contributed by atoms with Gasteiger partial charge >= 0.3 is 0 Å². The average Bonchev–Trinajstić information content (AvgIpc) is 3.59. The van der Waals surface area contributed by atoms with Crippen LogP contribution >= 0.6 is 11.3 Å². The predicted molar refractivity (Wildman–Crippen MR) is 126 cm³/mol. The number of thiazole rings is 1. The molecule has 2 heterocycles. The van der Waals surface area contributed by atoms with Crippen LogP contribution in [0.4, 0.5) is 10.8 Å². The van der Waals surface area contributed by atoms with E-state index in [1.54, 1.807) is 11.4 Å². The van der Waals surface area contributed by atoms with E-state index in [2.05, 4.69) is 15.6 Å². The highest BCUT2D eigenvalue weighted by Gasteiger charge is 2.30. The number of carbonyl (C=O) groups excluding carboxylic acids is 2. The molecule has 2 N–H and O–H groups in total. The molecule has 2 fully saturated rings. The highest BCUT2D eigenvalue weighted by Crippen LogP contribution is 2.31. The Balaban J connectivity index is 1.45. The number of amides is 2. The number of ether oxygens (including phenoxy) is 1. The zero-order chi connectivity index (χ0) is 23.4. The maximum Gasteiger partial charge on any atom is 0.243 e. The summed E-state index contributed by atoms with van der Waals surface area (Å²) in [6.45, 7) is 0.999. The lowest BCUT2D eigenvalue weighted by Gasteiger charge is -2.21. The number of aromatic nitrogens is 1. The second kappa shape index (κ2) is 10.2. The number of anilines is 2. The van der Waals surface area contributed by atoms with Crippen molar-refractivity contribution < 1.29 is 22.7 Å². The largest absolute Gasteiger partial charge is 0.495 e. The van der Waals surface area contributed by atoms with Crippen molar-refractivity contribution in [2.45, 2.75) is 49.8 Å². The lowest BCUT2D eigenvalue weighted by molar-refractivity contribution is -0.117. The number of nitrogens with zero attached hydrogens (tertiary/aromatic N) is 2. The van der Waals surface area contributed by atoms with Gasteiger partial charge in [0, 0.05) is 24.4 Å². The number of carbonyl (C=O) groups is 2. The Hall–Kier alpha value is -2.50. The molecule has 2 aromatic rings. The van der Waals surface area contributed by atoms with Crippen LogP contribution in [0.15, 0.2) is 28.5 Å². The summed E-state index contributed by atoms with van der Waals surface area (Å²) in [7, 11) is -2.20. The summed E-state index contributed by atoms with van der Waals surface area (Å²) in [5, 5.41) is 7.71. The third kappa shape index (κ3) is 5.90. The first-order valence-electron chi connectivity index (χ1n) is 11.1. The molecule has 0 radical (unpaired) electrons. The molecule has 4 rings (SSSR count). The van der Waals surface area contributed by atoms with E-state index >= 15 is 0 Å². The van der Waals surface area contributed by atoms with Crippen molar-refractivity contribution in [1.82, 2.24) is 9.29 Å². The molecule has 0 unspecified atom stereocenters. The molecule has 11 heteroatoms. The molecule has 2 amide bonds. The normalized spacial score (nSPS) is 17.2. The Morgan fingerprint density at radius 1 is 1.15 bits per heavy atom. The number of nitrogens with one attached hydrogen (secondary N) is 2. The quantitative estimate of drug-likeness (QED) is 0.584. The summed E-state index contributed by atoms with van der Waals surface area (Å²) in [5.41, 5.74) is 0.812. The minimum atomic E-state index is -3.66. The number of sulfonamides is 1. The van der Waals surface area contributed by atoms with Crippen LogP contribution in [-0.2, 0) is 26.0 Å². The number of rotatable bonds is 8. The Morgan fingerprint density at radius 3 is 2.55 bits per heavy atom. The van der Waals surface area contributed by atoms with E-state index in [1.807, 2.05) is 0 Å². The summed E-state index contributed by atoms with van der Waals surface area (Å²) < 4.78 is 33.1. The summed E-state index contributed by atoms with van der Waals surface area (Å²) in [4.78, 5) is 29.0. The molecule has 1 saturated carbocycles. The molecule has 1 aromatic heterocycles. The van der Waals surface area contributed by atoms with Crippen molar-refractivity contribution >= 4 is 44.0 Å². The van der Waals surface area contributed by atoms with Gasteiger partial charge in [0.05, 0.1) is 29.8 Å². The van der Waals surface area contributed by atoms with Gasteiger partial charge in [0.1, 0.15) is 5.75 Å². The van der Waals surface area contributed by atoms with E-state index < -0.39 is 10.0 Å². The standard InChI is InChI=1S/C22H28N4O5S2/c1-31-19-9-8-17(33(29,30)26-10-4-2-3-5-11-26)13-18(19)24-20(27)12-16-14-32-22(23-16)25-21(28)15-6-7-15/h8-9,13-15H,2-7,10-12H2,1H3,(H,24,27)(H,23,25,28). The van der Waals surface area contributed by atoms with Crippen LogP contribution in [0.5, 0.6) is 5.75 Å². The molecule has 1 aliphatic heterocycles. The Morgan fingerprint density at radius 2 is 1.88 bits per heavy atom. The van der Waals surface area contributed by atoms with E-state index in [0.29, 0.717) is 29.7 Å². The highest BCUT2D eigenvalue weighted by atomic mass is 32.2. The fourth-order valence-electron chi connectivity index (χ4n) is 3.73. The van der Waals surface area contributed by atoms with Crippen molar-refractivity contribution in [2.24, 2.45) is 5.92 Å². The second-order valence-corrected chi connectivity index (χ2v) is 11.1. The Bertz CT molecular complexity index is 1120. The molecule has 2 aliphatic rings. The van der Waals surface area contributed by atoms with Gasteiger partial charge in [-0.2, -0.15) is 4.31 Å². The molecule has 0 bridgehead atoms. The SMILES string of the molecule is COc1ccc(S(=O)(=O)N2CCCCCC2)cc1NC(=O)Cc1csc(NC(=O)C2CC2)n1. The Labute approximate surface area is 197 Å². The molecule has 178 valence electrons. The van der Waals surface area contributed by atoms with E-state index in [0.717, 1.165) is 38.5 Å². The van der Waals surface area contributed by atoms with E-state index in [-0.39, 0.29) is 34.7 Å². The molecule has 9 nitrogen and oxygen atoms in total. The van der Waals surface area contributed by atoms with Crippen LogP contribution in [0, 0.1) is 5.92 Å². The van der Waals surface area contributed by atoms with Gasteiger partial charge in [-0.15, -0.1) is 11.3 Å². The second-order valence-electron chi connectivity index (χ2n) is 8.31. The van der Waals surface area contributed by atoms with Crippen LogP contribution in [0.25, 0.3) is 0 Å². The number of hydrogen-bond donors (Lipinski definition) is 2. The van der Waals surface area contributed by atoms with Gasteiger partial charge < -0.3 is 15.4 Å². The van der Waals surface area contributed by atoms with Crippen LogP contribution in [0.1, 0.15) is 44.2 Å². The Kier molecular flexibility index (Phi) is 7.30. The van der Waals surface area contributed by atoms with Gasteiger partial charge in [-0.25, -0.2) is 13.4 Å². The van der Waals surface area contributed by atoms with Crippen molar-refractivity contribution in [3.63, 3.8) is 0 Å². The smallest absolute Gasteiger partial charge is 0.243 e. The van der Waals surface area contributed by atoms with Crippen LogP contribution in [0.3, 0.4) is 0 Å². The molecule has 0 spiro atoms. The van der Waals surface area contributed by atoms with Gasteiger partial charge in [0.25, 0.3) is 0 Å². The summed E-state index contributed by atoms with van der Waals surface area (Å²) in [6, 6.07) is 4.50. The minimum Gasteiger partial charge on any atom is -0.495 e. The number of methoxy groups -OCH3 is 1. The summed E-state index contributed by atoms with van der Waals surface area (Å²) in [6.07, 6.45) is 5.53. The summed E-state index contributed by atoms with van der Waals surface area (Å²) >= 11 is 1.27. The highest BCUT2D eigenvalue weighted by molar-refractivity contribution is 7.89. The zero-order valence-electron chi connectivity index (χ0n) is 18.5. The number of hydrogen-bond acceptors (Lipinski definition) is 7. The maximum absolute atomic E-state index is 13.1. The predicted octanol–water partition coefficient (Wildman–Crippen LogP) is 3.25. The molecule has 33 heavy (non-hydrogen) atoms. The van der Waals surface area contributed by atoms with Crippen LogP contribution < -0.4 is 15.4 Å². The van der Waals surface area contributed by atoms with E-state index in [4.69, 9.17) is 4.74 Å². The third-order valence-corrected chi connectivity index (χ3v) is 8.42. The van der Waals surface area contributed by atoms with Crippen molar-refractivity contribution in [3.05, 3.63) is 29.3 Å². The number of benzene rings is 1. The molecule has 1 saturated heterocycles. The fourth-order valence-corrected chi connectivity index (χ4v) is 5.99. The van der Waals surface area contributed by atoms with Gasteiger partial charge in [-0.3, -0.25) is 9.59 Å². The fraction of sp³-hybridized carbons (Fsp3) is 0.500. The van der Waals surface area contributed by atoms with Crippen molar-refractivity contribution in [2.75, 3.05) is 30.8 Å². The van der Waals surface area contributed by atoms with Gasteiger partial charge in [0.15, 0.2) is 5.13 Å². The monoisotopic (exact) mass is 492 g/mol. The first-order chi connectivity index (χ1) is 15.9. The first-order valence-corrected chi connectivity index (χ1v) is 13.4. The van der Waals surface area contributed by atoms with E-state index in [9.17, 15) is 18.0 Å². The van der Waals surface area contributed by atoms with Gasteiger partial charge in [-0.05, 0) is 43.9 Å². The van der Waals surface area contributed by atoms with E-state index in [1.165, 1.54) is 34.9 Å². The van der Waals surface area contributed by atoms with Crippen molar-refractivity contribution in [3.8, 4) is 5.75 Å². The van der Waals surface area contributed by atoms with Gasteiger partial charge in [0.2, 0.25) is 21.8 Å². The molecular formula is C22H28N4O5S2. The first kappa shape index (κ1) is 23.7. The van der Waals surface area contributed by atoms with Crippen molar-refractivity contribution in [1.29, 1.82) is 0 Å². The topological polar surface area (TPSA) is 118 Å². The lowest BCUT2D eigenvalue weighted by atomic mass is 10.2. The summed E-state index contributed by atoms with van der Waals surface area (Å²) in [5.74, 6) is 0.0512. The minimum absolute atomic E-state index is 0.0118. The average molecular weight is 493 g/mol. The van der Waals surface area contributed by atoms with Crippen LogP contribution in [-0.4, -0.2) is 49.7 Å². The zero-order valence-corrected chi connectivity index (χ0v) is 20.1. The molecular weight excluding hydrogens is 464 g/mol. The lowest BCUT2D eigenvalue weighted by Crippen LogP contribution is -2.32. The maximum atomic E-state index is 13.1. The van der Waals surface area contributed by atoms with Crippen LogP contribution in [0.2, 0.25) is 0 Å². The third-order valence-electron chi connectivity index (χ3n) is 5.72. The molecule has 1 aromatic carbocycles. The van der Waals surface area contributed by atoms with Gasteiger partial charge in [-0.1, -0.05) is 12.8 Å². The molecule has 1 aliphatic carbocycles.